The highest BCUT2D eigenvalue weighted by Crippen LogP contribution is 2.26. The van der Waals surface area contributed by atoms with Crippen LogP contribution >= 0.6 is 12.2 Å². The van der Waals surface area contributed by atoms with Crippen LogP contribution in [0.2, 0.25) is 0 Å². The van der Waals surface area contributed by atoms with Gasteiger partial charge in [0.05, 0.1) is 11.8 Å². The van der Waals surface area contributed by atoms with Crippen LogP contribution in [0.15, 0.2) is 28.7 Å². The van der Waals surface area contributed by atoms with Crippen molar-refractivity contribution in [1.29, 1.82) is 0 Å². The number of fused-ring (bicyclic) bond motifs is 2. The maximum Gasteiger partial charge on any atom is 0.231 e. The first kappa shape index (κ1) is 7.08. The Morgan fingerprint density at radius 1 is 1.46 bits per heavy atom. The molecule has 1 fully saturated rings. The Morgan fingerprint density at radius 2 is 2.31 bits per heavy atom. The number of hydrogen-bond donors (Lipinski definition) is 1. The van der Waals surface area contributed by atoms with Crippen molar-refractivity contribution >= 4 is 23.0 Å². The van der Waals surface area contributed by atoms with Crippen LogP contribution in [0.3, 0.4) is 0 Å². The molecule has 5 heteroatoms. The zero-order valence-electron chi connectivity index (χ0n) is 6.61. The Balaban J connectivity index is 2.06. The van der Waals surface area contributed by atoms with Gasteiger partial charge in [-0.3, -0.25) is 0 Å². The fourth-order valence-electron chi connectivity index (χ4n) is 1.50. The molecule has 1 atom stereocenters. The van der Waals surface area contributed by atoms with E-state index in [1.54, 1.807) is 0 Å². The Bertz CT molecular complexity index is 384. The van der Waals surface area contributed by atoms with Crippen LogP contribution in [0.1, 0.15) is 0 Å². The molecule has 0 saturated carbocycles. The molecule has 1 unspecified atom stereocenters. The molecule has 3 aliphatic rings. The summed E-state index contributed by atoms with van der Waals surface area (Å²) in [6.45, 7) is 0.294. The van der Waals surface area contributed by atoms with Gasteiger partial charge in [0.1, 0.15) is 0 Å². The van der Waals surface area contributed by atoms with Gasteiger partial charge in [-0.15, -0.1) is 0 Å². The van der Waals surface area contributed by atoms with Gasteiger partial charge in [0.15, 0.2) is 16.6 Å². The van der Waals surface area contributed by atoms with Crippen LogP contribution < -0.4 is 5.32 Å². The van der Waals surface area contributed by atoms with Crippen LogP contribution in [-0.2, 0) is 9.47 Å². The third-order valence-electron chi connectivity index (χ3n) is 2.10. The van der Waals surface area contributed by atoms with E-state index in [-0.39, 0.29) is 6.04 Å². The van der Waals surface area contributed by atoms with Crippen molar-refractivity contribution in [2.24, 2.45) is 4.99 Å². The minimum Gasteiger partial charge on any atom is -0.454 e. The third-order valence-corrected chi connectivity index (χ3v) is 2.31. The quantitative estimate of drug-likeness (QED) is 0.569. The first-order chi connectivity index (χ1) is 6.33. The summed E-state index contributed by atoms with van der Waals surface area (Å²) in [5.41, 5.74) is 0.897. The second-order valence-electron chi connectivity index (χ2n) is 2.91. The fraction of sp³-hybridized carbons (Fsp3) is 0.250. The summed E-state index contributed by atoms with van der Waals surface area (Å²) in [6, 6.07) is 0.0629. The average molecular weight is 194 g/mol. The van der Waals surface area contributed by atoms with E-state index in [0.717, 1.165) is 17.2 Å². The second kappa shape index (κ2) is 2.32. The van der Waals surface area contributed by atoms with E-state index < -0.39 is 0 Å². The van der Waals surface area contributed by atoms with Crippen molar-refractivity contribution in [2.75, 3.05) is 6.79 Å². The number of rotatable bonds is 0. The molecule has 66 valence electrons. The van der Waals surface area contributed by atoms with Gasteiger partial charge in [-0.25, -0.2) is 4.99 Å². The molecule has 3 rings (SSSR count). The Labute approximate surface area is 79.9 Å². The van der Waals surface area contributed by atoms with Gasteiger partial charge in [-0.1, -0.05) is 0 Å². The lowest BCUT2D eigenvalue weighted by Crippen LogP contribution is -2.31. The number of thiocarbonyl (C=S) groups is 1. The summed E-state index contributed by atoms with van der Waals surface area (Å²) in [5, 5.41) is 3.56. The van der Waals surface area contributed by atoms with E-state index in [4.69, 9.17) is 21.7 Å². The topological polar surface area (TPSA) is 42.9 Å². The highest BCUT2D eigenvalue weighted by atomic mass is 32.1. The fourth-order valence-corrected chi connectivity index (χ4v) is 1.73. The third kappa shape index (κ3) is 0.968. The van der Waals surface area contributed by atoms with Crippen LogP contribution in [0, 0.1) is 0 Å². The molecular weight excluding hydrogens is 188 g/mol. The predicted molar refractivity (Wildman–Crippen MR) is 50.2 cm³/mol. The number of nitrogens with zero attached hydrogens (tertiary/aromatic N) is 1. The molecule has 1 aliphatic carbocycles. The minimum atomic E-state index is 0.0629. The van der Waals surface area contributed by atoms with Crippen molar-refractivity contribution in [3.8, 4) is 0 Å². The largest absolute Gasteiger partial charge is 0.454 e. The van der Waals surface area contributed by atoms with E-state index in [9.17, 15) is 0 Å². The average Bonchev–Trinajstić information content (AvgIpc) is 2.63. The number of hydrogen-bond acceptors (Lipinski definition) is 3. The zero-order chi connectivity index (χ0) is 8.84. The summed E-state index contributed by atoms with van der Waals surface area (Å²) in [4.78, 5) is 4.15. The molecule has 0 aromatic heterocycles. The first-order valence-corrected chi connectivity index (χ1v) is 4.32. The maximum absolute atomic E-state index is 5.23. The Hall–Kier alpha value is -1.36. The molecule has 4 nitrogen and oxygen atoms in total. The lowest BCUT2D eigenvalue weighted by atomic mass is 10.1. The molecule has 0 aromatic carbocycles. The number of ether oxygens (including phenoxy) is 2. The van der Waals surface area contributed by atoms with E-state index in [1.165, 1.54) is 0 Å². The van der Waals surface area contributed by atoms with Gasteiger partial charge in [-0.2, -0.15) is 0 Å². The molecule has 1 N–H and O–H groups in total. The molecule has 0 bridgehead atoms. The molecule has 0 aromatic rings. The monoisotopic (exact) mass is 194 g/mol. The van der Waals surface area contributed by atoms with Crippen LogP contribution in [0.25, 0.3) is 0 Å². The van der Waals surface area contributed by atoms with Crippen molar-refractivity contribution in [3.63, 3.8) is 0 Å². The van der Waals surface area contributed by atoms with Crippen LogP contribution in [-0.4, -0.2) is 23.7 Å². The maximum atomic E-state index is 5.23. The second-order valence-corrected chi connectivity index (χ2v) is 3.30. The Morgan fingerprint density at radius 3 is 3.23 bits per heavy atom. The molecule has 0 amide bonds. The van der Waals surface area contributed by atoms with Crippen LogP contribution in [0.5, 0.6) is 0 Å². The zero-order valence-corrected chi connectivity index (χ0v) is 7.43. The minimum absolute atomic E-state index is 0.0629. The van der Waals surface area contributed by atoms with E-state index in [2.05, 4.69) is 10.3 Å². The molecule has 0 spiro atoms. The lowest BCUT2D eigenvalue weighted by Gasteiger charge is -2.11. The summed E-state index contributed by atoms with van der Waals surface area (Å²) >= 11 is 4.93. The predicted octanol–water partition coefficient (Wildman–Crippen LogP) is 0.470. The number of nitrogens with one attached hydrogen (secondary N) is 1. The van der Waals surface area contributed by atoms with Gasteiger partial charge in [0.25, 0.3) is 0 Å². The van der Waals surface area contributed by atoms with Gasteiger partial charge in [0, 0.05) is 6.08 Å². The van der Waals surface area contributed by atoms with E-state index >= 15 is 0 Å². The summed E-state index contributed by atoms with van der Waals surface area (Å²) in [5.74, 6) is 1.53. The summed E-state index contributed by atoms with van der Waals surface area (Å²) < 4.78 is 10.5. The molecule has 2 aliphatic heterocycles. The molecule has 2 heterocycles. The molecule has 1 saturated heterocycles. The van der Waals surface area contributed by atoms with Crippen molar-refractivity contribution < 1.29 is 9.47 Å². The molecule has 0 radical (unpaired) electrons. The van der Waals surface area contributed by atoms with Gasteiger partial charge in [-0.05, 0) is 18.3 Å². The molecular formula is C8H6N2O2S. The first-order valence-electron chi connectivity index (χ1n) is 3.91. The van der Waals surface area contributed by atoms with Gasteiger partial charge < -0.3 is 14.8 Å². The molecule has 13 heavy (non-hydrogen) atoms. The SMILES string of the molecule is S=C1N=C2C=C3OCOC3=CC2N1. The van der Waals surface area contributed by atoms with E-state index in [0.29, 0.717) is 11.9 Å². The summed E-state index contributed by atoms with van der Waals surface area (Å²) in [6.07, 6.45) is 3.79. The standard InChI is InChI=1S/C8H6N2O2S/c13-8-9-4-1-6-7(12-3-11-6)2-5(4)10-8/h1-2,4H,3H2,(H,9,13). The highest BCUT2D eigenvalue weighted by Gasteiger charge is 2.30. The number of aliphatic imine (C=N–C) groups is 1. The van der Waals surface area contributed by atoms with Gasteiger partial charge in [0.2, 0.25) is 6.79 Å². The smallest absolute Gasteiger partial charge is 0.231 e. The van der Waals surface area contributed by atoms with Gasteiger partial charge >= 0.3 is 0 Å². The van der Waals surface area contributed by atoms with E-state index in [1.807, 2.05) is 12.2 Å². The normalized spacial score (nSPS) is 28.8. The highest BCUT2D eigenvalue weighted by molar-refractivity contribution is 7.80. The van der Waals surface area contributed by atoms with Crippen molar-refractivity contribution in [2.45, 2.75) is 6.04 Å². The summed E-state index contributed by atoms with van der Waals surface area (Å²) in [7, 11) is 0. The van der Waals surface area contributed by atoms with Crippen molar-refractivity contribution in [3.05, 3.63) is 23.7 Å². The van der Waals surface area contributed by atoms with Crippen LogP contribution in [0.4, 0.5) is 0 Å². The Kier molecular flexibility index (Phi) is 1.26. The van der Waals surface area contributed by atoms with Crippen molar-refractivity contribution in [1.82, 2.24) is 5.32 Å². The lowest BCUT2D eigenvalue weighted by molar-refractivity contribution is 0.0978.